The number of rotatable bonds is 9. The van der Waals surface area contributed by atoms with Crippen molar-refractivity contribution in [2.24, 2.45) is 0 Å². The van der Waals surface area contributed by atoms with Crippen molar-refractivity contribution in [2.45, 2.75) is 19.1 Å². The molecular formula is C15H21NO4. The van der Waals surface area contributed by atoms with E-state index < -0.39 is 6.09 Å². The lowest BCUT2D eigenvalue weighted by Gasteiger charge is -2.15. The van der Waals surface area contributed by atoms with Gasteiger partial charge in [0, 0.05) is 6.61 Å². The van der Waals surface area contributed by atoms with Crippen LogP contribution in [-0.4, -0.2) is 37.1 Å². The van der Waals surface area contributed by atoms with Crippen LogP contribution in [0.2, 0.25) is 0 Å². The van der Waals surface area contributed by atoms with E-state index in [1.54, 1.807) is 0 Å². The number of hydrogen-bond acceptors (Lipinski definition) is 4. The minimum Gasteiger partial charge on any atom is -0.445 e. The van der Waals surface area contributed by atoms with Crippen molar-refractivity contribution in [1.29, 1.82) is 0 Å². The Morgan fingerprint density at radius 1 is 1.40 bits per heavy atom. The molecule has 0 heterocycles. The molecule has 2 N–H and O–H groups in total. The van der Waals surface area contributed by atoms with Gasteiger partial charge in [-0.1, -0.05) is 43.0 Å². The quantitative estimate of drug-likeness (QED) is 0.535. The second kappa shape index (κ2) is 10.00. The summed E-state index contributed by atoms with van der Waals surface area (Å²) >= 11 is 0. The fourth-order valence-electron chi connectivity index (χ4n) is 1.54. The summed E-state index contributed by atoms with van der Waals surface area (Å²) in [6.07, 6.45) is 1.44. The molecule has 0 bridgehead atoms. The number of aliphatic hydroxyl groups excluding tert-OH is 1. The first-order chi connectivity index (χ1) is 9.76. The van der Waals surface area contributed by atoms with E-state index in [2.05, 4.69) is 11.9 Å². The van der Waals surface area contributed by atoms with Gasteiger partial charge in [0.25, 0.3) is 0 Å². The van der Waals surface area contributed by atoms with Gasteiger partial charge in [0.1, 0.15) is 6.61 Å². The molecule has 0 saturated heterocycles. The standard InChI is InChI=1S/C15H21NO4/c1-2-9-20-15(18)16-14(11-17)8-10-19-12-13-6-4-3-5-7-13/h2-7,14,17H,1,8-12H2,(H,16,18). The van der Waals surface area contributed by atoms with Gasteiger partial charge in [-0.25, -0.2) is 4.79 Å². The van der Waals surface area contributed by atoms with Gasteiger partial charge in [0.05, 0.1) is 19.3 Å². The molecule has 5 heteroatoms. The molecule has 1 aromatic rings. The van der Waals surface area contributed by atoms with Gasteiger partial charge < -0.3 is 19.9 Å². The third-order valence-corrected chi connectivity index (χ3v) is 2.60. The van der Waals surface area contributed by atoms with Crippen LogP contribution in [0, 0.1) is 0 Å². The number of nitrogens with one attached hydrogen (secondary N) is 1. The van der Waals surface area contributed by atoms with Crippen LogP contribution < -0.4 is 5.32 Å². The molecule has 0 radical (unpaired) electrons. The fraction of sp³-hybridized carbons (Fsp3) is 0.400. The van der Waals surface area contributed by atoms with Crippen LogP contribution in [0.4, 0.5) is 4.79 Å². The lowest BCUT2D eigenvalue weighted by molar-refractivity contribution is 0.0979. The predicted molar refractivity (Wildman–Crippen MR) is 76.3 cm³/mol. The van der Waals surface area contributed by atoms with Crippen molar-refractivity contribution < 1.29 is 19.4 Å². The number of hydrogen-bond donors (Lipinski definition) is 2. The fourth-order valence-corrected chi connectivity index (χ4v) is 1.54. The molecule has 1 aromatic carbocycles. The van der Waals surface area contributed by atoms with Crippen molar-refractivity contribution in [1.82, 2.24) is 5.32 Å². The topological polar surface area (TPSA) is 67.8 Å². The molecule has 0 aliphatic rings. The minimum atomic E-state index is -0.563. The van der Waals surface area contributed by atoms with Crippen LogP contribution in [-0.2, 0) is 16.1 Å². The van der Waals surface area contributed by atoms with Gasteiger partial charge in [-0.3, -0.25) is 0 Å². The molecule has 0 aliphatic carbocycles. The third-order valence-electron chi connectivity index (χ3n) is 2.60. The number of benzene rings is 1. The highest BCUT2D eigenvalue weighted by Crippen LogP contribution is 2.02. The van der Waals surface area contributed by atoms with Crippen molar-refractivity contribution in [3.05, 3.63) is 48.6 Å². The van der Waals surface area contributed by atoms with Gasteiger partial charge >= 0.3 is 6.09 Å². The van der Waals surface area contributed by atoms with E-state index in [9.17, 15) is 9.90 Å². The first kappa shape index (κ1) is 16.2. The van der Waals surface area contributed by atoms with Crippen molar-refractivity contribution >= 4 is 6.09 Å². The number of ether oxygens (including phenoxy) is 2. The van der Waals surface area contributed by atoms with Crippen LogP contribution >= 0.6 is 0 Å². The zero-order valence-corrected chi connectivity index (χ0v) is 11.5. The average molecular weight is 279 g/mol. The van der Waals surface area contributed by atoms with Gasteiger partial charge in [0.2, 0.25) is 0 Å². The summed E-state index contributed by atoms with van der Waals surface area (Å²) in [4.78, 5) is 11.3. The second-order valence-electron chi connectivity index (χ2n) is 4.24. The van der Waals surface area contributed by atoms with Gasteiger partial charge in [-0.2, -0.15) is 0 Å². The SMILES string of the molecule is C=CCOC(=O)NC(CO)CCOCc1ccccc1. The molecule has 1 amide bonds. The van der Waals surface area contributed by atoms with Crippen molar-refractivity contribution in [3.8, 4) is 0 Å². The molecule has 0 aliphatic heterocycles. The minimum absolute atomic E-state index is 0.147. The average Bonchev–Trinajstić information content (AvgIpc) is 2.49. The molecule has 5 nitrogen and oxygen atoms in total. The highest BCUT2D eigenvalue weighted by atomic mass is 16.5. The molecule has 1 atom stereocenters. The summed E-state index contributed by atoms with van der Waals surface area (Å²) in [6.45, 7) is 4.40. The molecule has 1 unspecified atom stereocenters. The first-order valence-electron chi connectivity index (χ1n) is 6.53. The molecule has 20 heavy (non-hydrogen) atoms. The largest absolute Gasteiger partial charge is 0.445 e. The normalized spacial score (nSPS) is 11.7. The highest BCUT2D eigenvalue weighted by molar-refractivity contribution is 5.67. The van der Waals surface area contributed by atoms with E-state index in [0.717, 1.165) is 5.56 Å². The maximum Gasteiger partial charge on any atom is 0.407 e. The van der Waals surface area contributed by atoms with E-state index in [0.29, 0.717) is 19.6 Å². The second-order valence-corrected chi connectivity index (χ2v) is 4.24. The monoisotopic (exact) mass is 279 g/mol. The van der Waals surface area contributed by atoms with Crippen LogP contribution in [0.15, 0.2) is 43.0 Å². The predicted octanol–water partition coefficient (Wildman–Crippen LogP) is 1.87. The van der Waals surface area contributed by atoms with E-state index >= 15 is 0 Å². The lowest BCUT2D eigenvalue weighted by Crippen LogP contribution is -2.38. The molecule has 110 valence electrons. The zero-order valence-electron chi connectivity index (χ0n) is 11.5. The lowest BCUT2D eigenvalue weighted by atomic mass is 10.2. The van der Waals surface area contributed by atoms with E-state index in [4.69, 9.17) is 9.47 Å². The Hall–Kier alpha value is -1.85. The number of aliphatic hydroxyl groups is 1. The summed E-state index contributed by atoms with van der Waals surface area (Å²) < 4.78 is 10.3. The van der Waals surface area contributed by atoms with E-state index in [1.807, 2.05) is 30.3 Å². The first-order valence-corrected chi connectivity index (χ1v) is 6.53. The van der Waals surface area contributed by atoms with Gasteiger partial charge in [-0.15, -0.1) is 0 Å². The Kier molecular flexibility index (Phi) is 8.10. The van der Waals surface area contributed by atoms with Crippen LogP contribution in [0.3, 0.4) is 0 Å². The van der Waals surface area contributed by atoms with Gasteiger partial charge in [0.15, 0.2) is 0 Å². The Labute approximate surface area is 119 Å². The molecule has 1 rings (SSSR count). The maximum atomic E-state index is 11.3. The molecular weight excluding hydrogens is 258 g/mol. The number of carbonyl (C=O) groups is 1. The van der Waals surface area contributed by atoms with Crippen LogP contribution in [0.1, 0.15) is 12.0 Å². The highest BCUT2D eigenvalue weighted by Gasteiger charge is 2.11. The molecule has 0 aromatic heterocycles. The Balaban J connectivity index is 2.17. The number of alkyl carbamates (subject to hydrolysis) is 1. The van der Waals surface area contributed by atoms with E-state index in [1.165, 1.54) is 6.08 Å². The van der Waals surface area contributed by atoms with Gasteiger partial charge in [-0.05, 0) is 12.0 Å². The Morgan fingerprint density at radius 3 is 2.80 bits per heavy atom. The maximum absolute atomic E-state index is 11.3. The molecule has 0 fully saturated rings. The van der Waals surface area contributed by atoms with E-state index in [-0.39, 0.29) is 19.3 Å². The van der Waals surface area contributed by atoms with Crippen molar-refractivity contribution in [2.75, 3.05) is 19.8 Å². The summed E-state index contributed by atoms with van der Waals surface area (Å²) in [5, 5.41) is 11.7. The Morgan fingerprint density at radius 2 is 2.15 bits per heavy atom. The number of amides is 1. The molecule has 0 saturated carbocycles. The smallest absolute Gasteiger partial charge is 0.407 e. The third kappa shape index (κ3) is 6.92. The summed E-state index contributed by atoms with van der Waals surface area (Å²) in [5.41, 5.74) is 1.09. The molecule has 0 spiro atoms. The van der Waals surface area contributed by atoms with Crippen LogP contribution in [0.5, 0.6) is 0 Å². The zero-order chi connectivity index (χ0) is 14.6. The number of carbonyl (C=O) groups excluding carboxylic acids is 1. The van der Waals surface area contributed by atoms with Crippen LogP contribution in [0.25, 0.3) is 0 Å². The summed E-state index contributed by atoms with van der Waals surface area (Å²) in [6, 6.07) is 9.44. The Bertz CT molecular complexity index is 394. The summed E-state index contributed by atoms with van der Waals surface area (Å²) in [5.74, 6) is 0. The summed E-state index contributed by atoms with van der Waals surface area (Å²) in [7, 11) is 0. The van der Waals surface area contributed by atoms with Crippen molar-refractivity contribution in [3.63, 3.8) is 0 Å².